The van der Waals surface area contributed by atoms with Crippen LogP contribution in [0.1, 0.15) is 46.5 Å². The third-order valence-corrected chi connectivity index (χ3v) is 2.35. The number of nitrogens with one attached hydrogen (secondary N) is 1. The molecule has 0 rings (SSSR count). The highest BCUT2D eigenvalue weighted by atomic mass is 16.4. The van der Waals surface area contributed by atoms with E-state index in [-0.39, 0.29) is 0 Å². The van der Waals surface area contributed by atoms with Gasteiger partial charge in [-0.2, -0.15) is 0 Å². The predicted molar refractivity (Wildman–Crippen MR) is 58.4 cm³/mol. The summed E-state index contributed by atoms with van der Waals surface area (Å²) in [6, 6.07) is 0. The first-order valence-electron chi connectivity index (χ1n) is 5.45. The first-order chi connectivity index (χ1) is 6.50. The van der Waals surface area contributed by atoms with Crippen molar-refractivity contribution in [3.8, 4) is 0 Å². The van der Waals surface area contributed by atoms with Crippen molar-refractivity contribution in [1.29, 1.82) is 0 Å². The Morgan fingerprint density at radius 3 is 2.43 bits per heavy atom. The van der Waals surface area contributed by atoms with Crippen LogP contribution in [0.2, 0.25) is 0 Å². The van der Waals surface area contributed by atoms with Crippen molar-refractivity contribution >= 4 is 5.97 Å². The van der Waals surface area contributed by atoms with Gasteiger partial charge in [0.2, 0.25) is 0 Å². The van der Waals surface area contributed by atoms with Crippen LogP contribution in [0.3, 0.4) is 0 Å². The van der Waals surface area contributed by atoms with Gasteiger partial charge in [0.15, 0.2) is 0 Å². The molecule has 0 unspecified atom stereocenters. The molecule has 2 N–H and O–H groups in total. The number of unbranched alkanes of at least 4 members (excludes halogenated alkanes) is 3. The molecule has 0 aromatic carbocycles. The first kappa shape index (κ1) is 13.4. The second kappa shape index (κ2) is 6.82. The minimum absolute atomic E-state index is 0.550. The van der Waals surface area contributed by atoms with Gasteiger partial charge in [-0.15, -0.1) is 0 Å². The second-order valence-corrected chi connectivity index (χ2v) is 4.43. The highest BCUT2D eigenvalue weighted by molar-refractivity contribution is 5.73. The number of hydrogen-bond acceptors (Lipinski definition) is 2. The monoisotopic (exact) mass is 201 g/mol. The molecular weight excluding hydrogens is 178 g/mol. The van der Waals surface area contributed by atoms with Crippen molar-refractivity contribution in [1.82, 2.24) is 5.32 Å². The molecule has 0 aliphatic rings. The van der Waals surface area contributed by atoms with Crippen LogP contribution in [0.25, 0.3) is 0 Å². The van der Waals surface area contributed by atoms with E-state index in [9.17, 15) is 4.79 Å². The second-order valence-electron chi connectivity index (χ2n) is 4.43. The predicted octanol–water partition coefficient (Wildman–Crippen LogP) is 2.27. The standard InChI is InChI=1S/C11H23NO2/c1-4-5-6-7-8-12-9-11(2,3)10(13)14/h12H,4-9H2,1-3H3,(H,13,14). The first-order valence-corrected chi connectivity index (χ1v) is 5.45. The summed E-state index contributed by atoms with van der Waals surface area (Å²) in [6.07, 6.45) is 4.88. The summed E-state index contributed by atoms with van der Waals surface area (Å²) in [5, 5.41) is 12.0. The lowest BCUT2D eigenvalue weighted by Crippen LogP contribution is -2.36. The molecular formula is C11H23NO2. The van der Waals surface area contributed by atoms with Gasteiger partial charge >= 0.3 is 5.97 Å². The Balaban J connectivity index is 3.40. The zero-order valence-electron chi connectivity index (χ0n) is 9.60. The topological polar surface area (TPSA) is 49.3 Å². The summed E-state index contributed by atoms with van der Waals surface area (Å²) in [4.78, 5) is 10.7. The van der Waals surface area contributed by atoms with Gasteiger partial charge in [0.1, 0.15) is 0 Å². The molecule has 0 aliphatic heterocycles. The molecule has 0 fully saturated rings. The zero-order chi connectivity index (χ0) is 11.0. The molecule has 0 aromatic rings. The van der Waals surface area contributed by atoms with Crippen molar-refractivity contribution < 1.29 is 9.90 Å². The average molecular weight is 201 g/mol. The van der Waals surface area contributed by atoms with Gasteiger partial charge in [0.25, 0.3) is 0 Å². The van der Waals surface area contributed by atoms with E-state index in [2.05, 4.69) is 12.2 Å². The van der Waals surface area contributed by atoms with E-state index in [1.165, 1.54) is 19.3 Å². The molecule has 84 valence electrons. The van der Waals surface area contributed by atoms with Crippen molar-refractivity contribution in [2.75, 3.05) is 13.1 Å². The average Bonchev–Trinajstić information content (AvgIpc) is 2.10. The Morgan fingerprint density at radius 1 is 1.29 bits per heavy atom. The normalized spacial score (nSPS) is 11.6. The molecule has 3 nitrogen and oxygen atoms in total. The molecule has 3 heteroatoms. The van der Waals surface area contributed by atoms with E-state index in [0.29, 0.717) is 6.54 Å². The summed E-state index contributed by atoms with van der Waals surface area (Å²) < 4.78 is 0. The maximum atomic E-state index is 10.7. The maximum Gasteiger partial charge on any atom is 0.310 e. The van der Waals surface area contributed by atoms with Crippen LogP contribution >= 0.6 is 0 Å². The fourth-order valence-electron chi connectivity index (χ4n) is 1.15. The van der Waals surface area contributed by atoms with Gasteiger partial charge in [0, 0.05) is 6.54 Å². The molecule has 0 spiro atoms. The zero-order valence-corrected chi connectivity index (χ0v) is 9.60. The molecule has 0 amide bonds. The van der Waals surface area contributed by atoms with Crippen LogP contribution in [0, 0.1) is 5.41 Å². The van der Waals surface area contributed by atoms with Crippen LogP contribution < -0.4 is 5.32 Å². The van der Waals surface area contributed by atoms with Gasteiger partial charge in [-0.05, 0) is 26.8 Å². The lowest BCUT2D eigenvalue weighted by atomic mass is 9.94. The third-order valence-electron chi connectivity index (χ3n) is 2.35. The van der Waals surface area contributed by atoms with Gasteiger partial charge in [-0.3, -0.25) is 4.79 Å². The van der Waals surface area contributed by atoms with Crippen molar-refractivity contribution in [2.24, 2.45) is 5.41 Å². The van der Waals surface area contributed by atoms with E-state index in [4.69, 9.17) is 5.11 Å². The summed E-state index contributed by atoms with van der Waals surface area (Å²) in [5.41, 5.74) is -0.648. The van der Waals surface area contributed by atoms with Gasteiger partial charge in [-0.1, -0.05) is 26.2 Å². The lowest BCUT2D eigenvalue weighted by Gasteiger charge is -2.19. The number of carboxylic acid groups (broad SMARTS) is 1. The van der Waals surface area contributed by atoms with E-state index in [0.717, 1.165) is 13.0 Å². The van der Waals surface area contributed by atoms with Crippen molar-refractivity contribution in [2.45, 2.75) is 46.5 Å². The Bertz CT molecular complexity index is 167. The van der Waals surface area contributed by atoms with E-state index in [1.807, 2.05) is 0 Å². The summed E-state index contributed by atoms with van der Waals surface area (Å²) in [5.74, 6) is -0.737. The fraction of sp³-hybridized carbons (Fsp3) is 0.909. The Morgan fingerprint density at radius 2 is 1.93 bits per heavy atom. The molecule has 0 radical (unpaired) electrons. The number of carbonyl (C=O) groups is 1. The SMILES string of the molecule is CCCCCCNCC(C)(C)C(=O)O. The molecule has 0 saturated carbocycles. The molecule has 0 atom stereocenters. The number of aliphatic carboxylic acids is 1. The highest BCUT2D eigenvalue weighted by Gasteiger charge is 2.25. The number of carboxylic acids is 1. The molecule has 14 heavy (non-hydrogen) atoms. The largest absolute Gasteiger partial charge is 0.481 e. The number of rotatable bonds is 8. The third kappa shape index (κ3) is 5.97. The summed E-state index contributed by atoms with van der Waals surface area (Å²) in [6.45, 7) is 7.15. The lowest BCUT2D eigenvalue weighted by molar-refractivity contribution is -0.146. The maximum absolute atomic E-state index is 10.7. The minimum atomic E-state index is -0.737. The smallest absolute Gasteiger partial charge is 0.310 e. The Kier molecular flexibility index (Phi) is 6.54. The van der Waals surface area contributed by atoms with Crippen LogP contribution in [0.15, 0.2) is 0 Å². The van der Waals surface area contributed by atoms with Crippen LogP contribution in [0.5, 0.6) is 0 Å². The molecule has 0 saturated heterocycles. The van der Waals surface area contributed by atoms with E-state index in [1.54, 1.807) is 13.8 Å². The van der Waals surface area contributed by atoms with E-state index >= 15 is 0 Å². The number of hydrogen-bond donors (Lipinski definition) is 2. The van der Waals surface area contributed by atoms with Crippen LogP contribution in [-0.4, -0.2) is 24.2 Å². The quantitative estimate of drug-likeness (QED) is 0.592. The Labute approximate surface area is 86.9 Å². The molecule has 0 aromatic heterocycles. The molecule has 0 bridgehead atoms. The van der Waals surface area contributed by atoms with E-state index < -0.39 is 11.4 Å². The molecule has 0 aliphatic carbocycles. The van der Waals surface area contributed by atoms with Gasteiger partial charge < -0.3 is 10.4 Å². The van der Waals surface area contributed by atoms with Crippen LogP contribution in [0.4, 0.5) is 0 Å². The fourth-order valence-corrected chi connectivity index (χ4v) is 1.15. The summed E-state index contributed by atoms with van der Waals surface area (Å²) in [7, 11) is 0. The minimum Gasteiger partial charge on any atom is -0.481 e. The molecule has 0 heterocycles. The highest BCUT2D eigenvalue weighted by Crippen LogP contribution is 2.12. The van der Waals surface area contributed by atoms with Crippen molar-refractivity contribution in [3.63, 3.8) is 0 Å². The van der Waals surface area contributed by atoms with Gasteiger partial charge in [-0.25, -0.2) is 0 Å². The summed E-state index contributed by atoms with van der Waals surface area (Å²) >= 11 is 0. The van der Waals surface area contributed by atoms with Crippen LogP contribution in [-0.2, 0) is 4.79 Å². The van der Waals surface area contributed by atoms with Gasteiger partial charge in [0.05, 0.1) is 5.41 Å². The van der Waals surface area contributed by atoms with Crippen molar-refractivity contribution in [3.05, 3.63) is 0 Å². The Hall–Kier alpha value is -0.570.